The number of alkyl halides is 3. The third-order valence-corrected chi connectivity index (χ3v) is 6.21. The summed E-state index contributed by atoms with van der Waals surface area (Å²) in [4.78, 5) is 0. The molecule has 0 radical (unpaired) electrons. The van der Waals surface area contributed by atoms with Crippen LogP contribution in [0.5, 0.6) is 0 Å². The second-order valence-electron chi connectivity index (χ2n) is 6.11. The highest BCUT2D eigenvalue weighted by Gasteiger charge is 2.46. The number of sulfonamides is 1. The molecule has 1 aliphatic carbocycles. The fourth-order valence-electron chi connectivity index (χ4n) is 3.37. The first-order chi connectivity index (χ1) is 8.62. The van der Waals surface area contributed by atoms with Crippen LogP contribution in [0.3, 0.4) is 0 Å². The van der Waals surface area contributed by atoms with Crippen LogP contribution in [0.25, 0.3) is 0 Å². The van der Waals surface area contributed by atoms with Crippen molar-refractivity contribution in [3.8, 4) is 0 Å². The molecule has 0 aromatic heterocycles. The molecule has 2 rings (SSSR count). The van der Waals surface area contributed by atoms with Crippen molar-refractivity contribution in [1.82, 2.24) is 4.31 Å². The molecule has 0 aromatic rings. The highest BCUT2D eigenvalue weighted by molar-refractivity contribution is 7.89. The van der Waals surface area contributed by atoms with Crippen LogP contribution in [0.2, 0.25) is 0 Å². The number of hydrogen-bond acceptors (Lipinski definition) is 2. The maximum Gasteiger partial charge on any atom is 0.390 e. The zero-order chi connectivity index (χ0) is 14.3. The fourth-order valence-corrected chi connectivity index (χ4v) is 4.96. The minimum atomic E-state index is -4.41. The summed E-state index contributed by atoms with van der Waals surface area (Å²) in [5.74, 6) is -0.222. The third kappa shape index (κ3) is 3.62. The Morgan fingerprint density at radius 1 is 1.32 bits per heavy atom. The normalized spacial score (nSPS) is 33.4. The lowest BCUT2D eigenvalue weighted by Gasteiger charge is -2.24. The standard InChI is InChI=1S/C12H20F3NO2S/c1-10-2-3-11(8-10)4-6-16(9-11)19(17,18)7-5-12(13,14)15/h10H,2-9H2,1H3/t10-,11-/m0/s1. The number of halogens is 3. The van der Waals surface area contributed by atoms with Crippen molar-refractivity contribution >= 4 is 10.0 Å². The third-order valence-electron chi connectivity index (χ3n) is 4.39. The topological polar surface area (TPSA) is 37.4 Å². The average Bonchev–Trinajstić information content (AvgIpc) is 2.84. The molecule has 2 atom stereocenters. The van der Waals surface area contributed by atoms with Crippen molar-refractivity contribution in [3.05, 3.63) is 0 Å². The van der Waals surface area contributed by atoms with Crippen LogP contribution in [0.1, 0.15) is 39.0 Å². The molecule has 2 aliphatic rings. The van der Waals surface area contributed by atoms with Gasteiger partial charge in [-0.25, -0.2) is 12.7 Å². The number of rotatable bonds is 3. The highest BCUT2D eigenvalue weighted by atomic mass is 32.2. The Balaban J connectivity index is 1.96. The summed E-state index contributed by atoms with van der Waals surface area (Å²) in [7, 11) is -3.76. The van der Waals surface area contributed by atoms with E-state index in [9.17, 15) is 21.6 Å². The van der Waals surface area contributed by atoms with Gasteiger partial charge in [-0.05, 0) is 30.6 Å². The lowest BCUT2D eigenvalue weighted by atomic mass is 9.85. The van der Waals surface area contributed by atoms with E-state index in [1.165, 1.54) is 4.31 Å². The van der Waals surface area contributed by atoms with Crippen LogP contribution in [-0.4, -0.2) is 37.7 Å². The van der Waals surface area contributed by atoms with Crippen LogP contribution in [0, 0.1) is 11.3 Å². The van der Waals surface area contributed by atoms with Gasteiger partial charge in [-0.2, -0.15) is 13.2 Å². The van der Waals surface area contributed by atoms with E-state index >= 15 is 0 Å². The van der Waals surface area contributed by atoms with Gasteiger partial charge in [0.1, 0.15) is 0 Å². The van der Waals surface area contributed by atoms with Crippen molar-refractivity contribution in [2.45, 2.75) is 45.2 Å². The summed E-state index contributed by atoms with van der Waals surface area (Å²) >= 11 is 0. The maximum absolute atomic E-state index is 12.1. The summed E-state index contributed by atoms with van der Waals surface area (Å²) in [6, 6.07) is 0. The first kappa shape index (κ1) is 15.1. The number of nitrogens with zero attached hydrogens (tertiary/aromatic N) is 1. The minimum Gasteiger partial charge on any atom is -0.212 e. The predicted molar refractivity (Wildman–Crippen MR) is 66.1 cm³/mol. The molecule has 0 N–H and O–H groups in total. The Morgan fingerprint density at radius 3 is 2.53 bits per heavy atom. The first-order valence-electron chi connectivity index (χ1n) is 6.67. The molecule has 3 nitrogen and oxygen atoms in total. The fraction of sp³-hybridized carbons (Fsp3) is 1.00. The number of hydrogen-bond donors (Lipinski definition) is 0. The van der Waals surface area contributed by atoms with Crippen LogP contribution in [-0.2, 0) is 10.0 Å². The largest absolute Gasteiger partial charge is 0.390 e. The van der Waals surface area contributed by atoms with E-state index in [0.29, 0.717) is 19.0 Å². The molecule has 1 heterocycles. The average molecular weight is 299 g/mol. The van der Waals surface area contributed by atoms with Gasteiger partial charge in [0.2, 0.25) is 10.0 Å². The molecule has 1 aliphatic heterocycles. The molecular weight excluding hydrogens is 279 g/mol. The van der Waals surface area contributed by atoms with Gasteiger partial charge in [-0.1, -0.05) is 13.3 Å². The van der Waals surface area contributed by atoms with Gasteiger partial charge in [0.05, 0.1) is 12.2 Å². The summed E-state index contributed by atoms with van der Waals surface area (Å²) in [5, 5.41) is 0. The van der Waals surface area contributed by atoms with Gasteiger partial charge < -0.3 is 0 Å². The van der Waals surface area contributed by atoms with Gasteiger partial charge in [0, 0.05) is 13.1 Å². The van der Waals surface area contributed by atoms with E-state index in [4.69, 9.17) is 0 Å². The van der Waals surface area contributed by atoms with Crippen molar-refractivity contribution in [2.24, 2.45) is 11.3 Å². The molecule has 1 saturated heterocycles. The maximum atomic E-state index is 12.1. The van der Waals surface area contributed by atoms with Crippen LogP contribution >= 0.6 is 0 Å². The Morgan fingerprint density at radius 2 is 2.00 bits per heavy atom. The van der Waals surface area contributed by atoms with Gasteiger partial charge in [0.25, 0.3) is 0 Å². The van der Waals surface area contributed by atoms with Gasteiger partial charge in [0.15, 0.2) is 0 Å². The molecule has 2 fully saturated rings. The van der Waals surface area contributed by atoms with Crippen molar-refractivity contribution in [2.75, 3.05) is 18.8 Å². The lowest BCUT2D eigenvalue weighted by molar-refractivity contribution is -0.130. The van der Waals surface area contributed by atoms with Crippen molar-refractivity contribution < 1.29 is 21.6 Å². The lowest BCUT2D eigenvalue weighted by Crippen LogP contribution is -2.34. The Hall–Kier alpha value is -0.300. The molecule has 0 aromatic carbocycles. The molecule has 0 bridgehead atoms. The van der Waals surface area contributed by atoms with E-state index in [-0.39, 0.29) is 5.41 Å². The molecule has 0 amide bonds. The molecule has 1 saturated carbocycles. The van der Waals surface area contributed by atoms with E-state index in [2.05, 4.69) is 6.92 Å². The van der Waals surface area contributed by atoms with E-state index in [0.717, 1.165) is 25.7 Å². The Bertz CT molecular complexity index is 435. The second kappa shape index (κ2) is 4.91. The van der Waals surface area contributed by atoms with Gasteiger partial charge >= 0.3 is 6.18 Å². The summed E-state index contributed by atoms with van der Waals surface area (Å²) in [5.41, 5.74) is 0.0325. The monoisotopic (exact) mass is 299 g/mol. The van der Waals surface area contributed by atoms with E-state index < -0.39 is 28.4 Å². The SMILES string of the molecule is C[C@H]1CC[C@]2(CCN(S(=O)(=O)CCC(F)(F)F)C2)C1. The molecule has 19 heavy (non-hydrogen) atoms. The molecular formula is C12H20F3NO2S. The smallest absolute Gasteiger partial charge is 0.212 e. The summed E-state index contributed by atoms with van der Waals surface area (Å²) < 4.78 is 61.5. The summed E-state index contributed by atoms with van der Waals surface area (Å²) in [6.07, 6.45) is -1.78. The second-order valence-corrected chi connectivity index (χ2v) is 8.20. The van der Waals surface area contributed by atoms with Crippen LogP contribution in [0.4, 0.5) is 13.2 Å². The predicted octanol–water partition coefficient (Wildman–Crippen LogP) is 2.78. The minimum absolute atomic E-state index is 0.0325. The zero-order valence-corrected chi connectivity index (χ0v) is 11.9. The molecule has 7 heteroatoms. The van der Waals surface area contributed by atoms with Gasteiger partial charge in [-0.3, -0.25) is 0 Å². The van der Waals surface area contributed by atoms with E-state index in [1.54, 1.807) is 0 Å². The van der Waals surface area contributed by atoms with Crippen LogP contribution in [0.15, 0.2) is 0 Å². The first-order valence-corrected chi connectivity index (χ1v) is 8.27. The quantitative estimate of drug-likeness (QED) is 0.803. The molecule has 1 spiro atoms. The van der Waals surface area contributed by atoms with Crippen molar-refractivity contribution in [3.63, 3.8) is 0 Å². The Labute approximate surface area is 112 Å². The van der Waals surface area contributed by atoms with Crippen LogP contribution < -0.4 is 0 Å². The zero-order valence-electron chi connectivity index (χ0n) is 11.0. The van der Waals surface area contributed by atoms with Gasteiger partial charge in [-0.15, -0.1) is 0 Å². The van der Waals surface area contributed by atoms with E-state index in [1.807, 2.05) is 0 Å². The van der Waals surface area contributed by atoms with Crippen molar-refractivity contribution in [1.29, 1.82) is 0 Å². The Kier molecular flexibility index (Phi) is 3.90. The highest BCUT2D eigenvalue weighted by Crippen LogP contribution is 2.48. The molecule has 112 valence electrons. The molecule has 0 unspecified atom stereocenters. The summed E-state index contributed by atoms with van der Waals surface area (Å²) in [6.45, 7) is 2.94.